The van der Waals surface area contributed by atoms with Crippen LogP contribution in [0.3, 0.4) is 0 Å². The number of nitrogens with zero attached hydrogens (tertiary/aromatic N) is 1. The highest BCUT2D eigenvalue weighted by Crippen LogP contribution is 2.53. The van der Waals surface area contributed by atoms with E-state index in [4.69, 9.17) is 4.74 Å². The number of fused-ring (bicyclic) bond motifs is 5. The van der Waals surface area contributed by atoms with Crippen molar-refractivity contribution < 1.29 is 28.3 Å². The van der Waals surface area contributed by atoms with Gasteiger partial charge in [-0.05, 0) is 54.7 Å². The van der Waals surface area contributed by atoms with E-state index in [2.05, 4.69) is 0 Å². The van der Waals surface area contributed by atoms with Crippen LogP contribution < -0.4 is 4.90 Å². The number of allylic oxidation sites excluding steroid dienone is 2. The SMILES string of the molecule is O=C(COC(=O)c1ccccc1N1C(=O)[C@H]2[C@H](C1=O)[C@H]1C=C[C@H]2C1)c1ccc(F)cc1. The maximum absolute atomic E-state index is 13.1. The normalized spacial score (nSPS) is 25.8. The van der Waals surface area contributed by atoms with Crippen molar-refractivity contribution in [3.05, 3.63) is 77.6 Å². The molecule has 3 aliphatic rings. The van der Waals surface area contributed by atoms with Gasteiger partial charge in [0, 0.05) is 5.56 Å². The van der Waals surface area contributed by atoms with E-state index in [0.29, 0.717) is 0 Å². The lowest BCUT2D eigenvalue weighted by Gasteiger charge is -2.19. The number of esters is 1. The number of ether oxygens (including phenoxy) is 1. The molecule has 6 nitrogen and oxygen atoms in total. The standard InChI is InChI=1S/C24H18FNO5/c25-16-9-7-13(8-10-16)19(27)12-31-24(30)17-3-1-2-4-18(17)26-22(28)20-14-5-6-15(11-14)21(20)23(26)29/h1-10,14-15,20-21H,11-12H2/t14-,15-,20+,21+/m0/s1. The zero-order valence-corrected chi connectivity index (χ0v) is 16.4. The second-order valence-corrected chi connectivity index (χ2v) is 8.04. The van der Waals surface area contributed by atoms with Gasteiger partial charge in [0.15, 0.2) is 12.4 Å². The third-order valence-corrected chi connectivity index (χ3v) is 6.34. The van der Waals surface area contributed by atoms with Gasteiger partial charge in [-0.15, -0.1) is 0 Å². The molecule has 0 unspecified atom stereocenters. The topological polar surface area (TPSA) is 80.8 Å². The molecule has 2 aromatic carbocycles. The number of imide groups is 1. The van der Waals surface area contributed by atoms with Gasteiger partial charge in [0.05, 0.1) is 23.1 Å². The summed E-state index contributed by atoms with van der Waals surface area (Å²) in [4.78, 5) is 52.2. The van der Waals surface area contributed by atoms with Crippen molar-refractivity contribution in [3.8, 4) is 0 Å². The summed E-state index contributed by atoms with van der Waals surface area (Å²) in [5.41, 5.74) is 0.421. The van der Waals surface area contributed by atoms with Gasteiger partial charge in [0.25, 0.3) is 0 Å². The molecule has 2 aliphatic carbocycles. The molecule has 0 spiro atoms. The van der Waals surface area contributed by atoms with Gasteiger partial charge in [-0.2, -0.15) is 0 Å². The molecule has 0 radical (unpaired) electrons. The first kappa shape index (κ1) is 19.4. The number of anilines is 1. The molecule has 2 bridgehead atoms. The number of hydrogen-bond acceptors (Lipinski definition) is 5. The number of halogens is 1. The predicted molar refractivity (Wildman–Crippen MR) is 108 cm³/mol. The number of hydrogen-bond donors (Lipinski definition) is 0. The fourth-order valence-corrected chi connectivity index (χ4v) is 4.91. The minimum absolute atomic E-state index is 0.0383. The summed E-state index contributed by atoms with van der Waals surface area (Å²) in [5.74, 6) is -3.02. The van der Waals surface area contributed by atoms with E-state index in [1.54, 1.807) is 12.1 Å². The third kappa shape index (κ3) is 3.08. The molecule has 2 amide bonds. The summed E-state index contributed by atoms with van der Waals surface area (Å²) in [7, 11) is 0. The Labute approximate surface area is 177 Å². The minimum atomic E-state index is -0.815. The van der Waals surface area contributed by atoms with E-state index in [-0.39, 0.29) is 52.3 Å². The third-order valence-electron chi connectivity index (χ3n) is 6.34. The van der Waals surface area contributed by atoms with Crippen LogP contribution >= 0.6 is 0 Å². The van der Waals surface area contributed by atoms with E-state index < -0.39 is 24.2 Å². The van der Waals surface area contributed by atoms with E-state index in [1.165, 1.54) is 24.3 Å². The molecule has 5 rings (SSSR count). The van der Waals surface area contributed by atoms with Gasteiger partial charge in [0.1, 0.15) is 5.82 Å². The number of amides is 2. The van der Waals surface area contributed by atoms with Crippen molar-refractivity contribution in [2.45, 2.75) is 6.42 Å². The lowest BCUT2D eigenvalue weighted by atomic mass is 9.85. The number of rotatable bonds is 5. The maximum atomic E-state index is 13.1. The van der Waals surface area contributed by atoms with Crippen LogP contribution in [0.4, 0.5) is 10.1 Å². The number of para-hydroxylation sites is 1. The Morgan fingerprint density at radius 1 is 0.935 bits per heavy atom. The Hall–Kier alpha value is -3.61. The molecule has 4 atom stereocenters. The van der Waals surface area contributed by atoms with Gasteiger partial charge >= 0.3 is 5.97 Å². The fraction of sp³-hybridized carbons (Fsp3) is 0.250. The van der Waals surface area contributed by atoms with Crippen LogP contribution in [0.2, 0.25) is 0 Å². The zero-order valence-electron chi connectivity index (χ0n) is 16.4. The Morgan fingerprint density at radius 2 is 1.55 bits per heavy atom. The summed E-state index contributed by atoms with van der Waals surface area (Å²) < 4.78 is 18.2. The zero-order chi connectivity index (χ0) is 21.7. The van der Waals surface area contributed by atoms with Crippen molar-refractivity contribution in [1.82, 2.24) is 0 Å². The van der Waals surface area contributed by atoms with E-state index in [9.17, 15) is 23.6 Å². The molecular weight excluding hydrogens is 401 g/mol. The molecular formula is C24H18FNO5. The smallest absolute Gasteiger partial charge is 0.340 e. The van der Waals surface area contributed by atoms with Crippen molar-refractivity contribution in [1.29, 1.82) is 0 Å². The van der Waals surface area contributed by atoms with Gasteiger partial charge in [-0.1, -0.05) is 24.3 Å². The second-order valence-electron chi connectivity index (χ2n) is 8.04. The second kappa shape index (κ2) is 7.27. The van der Waals surface area contributed by atoms with Crippen LogP contribution in [0.25, 0.3) is 0 Å². The molecule has 31 heavy (non-hydrogen) atoms. The molecule has 1 saturated heterocycles. The summed E-state index contributed by atoms with van der Waals surface area (Å²) >= 11 is 0. The molecule has 0 aromatic heterocycles. The first-order valence-corrected chi connectivity index (χ1v) is 10.1. The van der Waals surface area contributed by atoms with Crippen LogP contribution in [0, 0.1) is 29.5 Å². The van der Waals surface area contributed by atoms with Crippen molar-refractivity contribution in [2.75, 3.05) is 11.5 Å². The van der Waals surface area contributed by atoms with Gasteiger partial charge in [-0.25, -0.2) is 14.1 Å². The fourth-order valence-electron chi connectivity index (χ4n) is 4.91. The molecule has 2 aromatic rings. The van der Waals surface area contributed by atoms with Crippen LogP contribution in [-0.2, 0) is 14.3 Å². The van der Waals surface area contributed by atoms with Crippen molar-refractivity contribution >= 4 is 29.3 Å². The summed E-state index contributed by atoms with van der Waals surface area (Å²) in [6, 6.07) is 11.1. The lowest BCUT2D eigenvalue weighted by Crippen LogP contribution is -2.34. The molecule has 1 heterocycles. The first-order valence-electron chi connectivity index (χ1n) is 10.1. The molecule has 7 heteroatoms. The predicted octanol–water partition coefficient (Wildman–Crippen LogP) is 3.18. The van der Waals surface area contributed by atoms with Crippen molar-refractivity contribution in [2.24, 2.45) is 23.7 Å². The number of ketones is 1. The number of carbonyl (C=O) groups is 4. The van der Waals surface area contributed by atoms with E-state index >= 15 is 0 Å². The quantitative estimate of drug-likeness (QED) is 0.322. The average Bonchev–Trinajstić information content (AvgIpc) is 3.46. The van der Waals surface area contributed by atoms with Crippen LogP contribution in [0.15, 0.2) is 60.7 Å². The largest absolute Gasteiger partial charge is 0.454 e. The van der Waals surface area contributed by atoms with Crippen molar-refractivity contribution in [3.63, 3.8) is 0 Å². The lowest BCUT2D eigenvalue weighted by molar-refractivity contribution is -0.123. The molecule has 0 N–H and O–H groups in total. The molecule has 156 valence electrons. The van der Waals surface area contributed by atoms with Gasteiger partial charge in [-0.3, -0.25) is 14.4 Å². The van der Waals surface area contributed by atoms with E-state index in [0.717, 1.165) is 23.5 Å². The maximum Gasteiger partial charge on any atom is 0.340 e. The Kier molecular flexibility index (Phi) is 4.54. The highest BCUT2D eigenvalue weighted by molar-refractivity contribution is 6.24. The monoisotopic (exact) mass is 419 g/mol. The van der Waals surface area contributed by atoms with Crippen LogP contribution in [0.5, 0.6) is 0 Å². The van der Waals surface area contributed by atoms with Gasteiger partial charge in [0.2, 0.25) is 11.8 Å². The number of benzene rings is 2. The summed E-state index contributed by atoms with van der Waals surface area (Å²) in [6.45, 7) is -0.542. The summed E-state index contributed by atoms with van der Waals surface area (Å²) in [5, 5.41) is 0. The summed E-state index contributed by atoms with van der Waals surface area (Å²) in [6.07, 6.45) is 4.82. The van der Waals surface area contributed by atoms with E-state index in [1.807, 2.05) is 12.2 Å². The highest BCUT2D eigenvalue weighted by atomic mass is 19.1. The van der Waals surface area contributed by atoms with Crippen LogP contribution in [-0.4, -0.2) is 30.2 Å². The Morgan fingerprint density at radius 3 is 2.19 bits per heavy atom. The number of Topliss-reactive ketones (excluding diaryl/α,β-unsaturated/α-hetero) is 1. The number of carbonyl (C=O) groups excluding carboxylic acids is 4. The van der Waals surface area contributed by atoms with Crippen LogP contribution in [0.1, 0.15) is 27.1 Å². The molecule has 1 aliphatic heterocycles. The highest BCUT2D eigenvalue weighted by Gasteiger charge is 2.59. The Bertz CT molecular complexity index is 1110. The van der Waals surface area contributed by atoms with Gasteiger partial charge < -0.3 is 4.74 Å². The first-order chi connectivity index (χ1) is 15.0. The molecule has 1 saturated carbocycles. The molecule has 2 fully saturated rings. The Balaban J connectivity index is 1.35. The average molecular weight is 419 g/mol. The minimum Gasteiger partial charge on any atom is -0.454 e.